The van der Waals surface area contributed by atoms with Crippen LogP contribution in [-0.4, -0.2) is 34.6 Å². The lowest BCUT2D eigenvalue weighted by molar-refractivity contribution is 0.0438. The average molecular weight is 283 g/mol. The van der Waals surface area contributed by atoms with Crippen molar-refractivity contribution in [1.29, 1.82) is 0 Å². The second-order valence-electron chi connectivity index (χ2n) is 5.38. The summed E-state index contributed by atoms with van der Waals surface area (Å²) in [5, 5.41) is 10.4. The Labute approximate surface area is 118 Å². The van der Waals surface area contributed by atoms with E-state index in [1.807, 2.05) is 6.92 Å². The number of anilines is 1. The van der Waals surface area contributed by atoms with Gasteiger partial charge in [-0.05, 0) is 44.4 Å². The molecule has 2 rings (SSSR count). The molecule has 0 bridgehead atoms. The molecule has 0 radical (unpaired) electrons. The maximum absolute atomic E-state index is 12.4. The summed E-state index contributed by atoms with van der Waals surface area (Å²) in [6.45, 7) is 3.05. The Morgan fingerprint density at radius 1 is 1.42 bits per heavy atom. The number of halogens is 1. The summed E-state index contributed by atoms with van der Waals surface area (Å²) >= 11 is 5.94. The number of aliphatic hydroxyl groups is 1. The highest BCUT2D eigenvalue weighted by Gasteiger charge is 2.27. The van der Waals surface area contributed by atoms with Crippen molar-refractivity contribution in [1.82, 2.24) is 4.90 Å². The molecule has 1 saturated heterocycles. The van der Waals surface area contributed by atoms with Crippen molar-refractivity contribution in [2.75, 3.05) is 18.8 Å². The van der Waals surface area contributed by atoms with Gasteiger partial charge in [-0.3, -0.25) is 4.79 Å². The van der Waals surface area contributed by atoms with Crippen LogP contribution in [0.15, 0.2) is 18.2 Å². The molecule has 0 aromatic heterocycles. The maximum atomic E-state index is 12.4. The van der Waals surface area contributed by atoms with Gasteiger partial charge >= 0.3 is 0 Å². The first kappa shape index (κ1) is 14.2. The van der Waals surface area contributed by atoms with Crippen molar-refractivity contribution in [2.24, 2.45) is 0 Å². The van der Waals surface area contributed by atoms with Crippen LogP contribution in [0.5, 0.6) is 0 Å². The largest absolute Gasteiger partial charge is 0.398 e. The van der Waals surface area contributed by atoms with Gasteiger partial charge in [0.25, 0.3) is 5.91 Å². The molecule has 1 amide bonds. The van der Waals surface area contributed by atoms with Gasteiger partial charge in [0.15, 0.2) is 0 Å². The second kappa shape index (κ2) is 5.39. The smallest absolute Gasteiger partial charge is 0.253 e. The Hall–Kier alpha value is -1.26. The van der Waals surface area contributed by atoms with Crippen LogP contribution in [-0.2, 0) is 0 Å². The summed E-state index contributed by atoms with van der Waals surface area (Å²) in [6, 6.07) is 4.93. The molecule has 104 valence electrons. The van der Waals surface area contributed by atoms with Crippen LogP contribution in [0.1, 0.15) is 36.5 Å². The molecule has 1 aromatic rings. The summed E-state index contributed by atoms with van der Waals surface area (Å²) in [4.78, 5) is 14.1. The van der Waals surface area contributed by atoms with Crippen molar-refractivity contribution in [3.63, 3.8) is 0 Å². The Morgan fingerprint density at radius 2 is 2.16 bits per heavy atom. The minimum atomic E-state index is -0.673. The summed E-state index contributed by atoms with van der Waals surface area (Å²) in [6.07, 6.45) is 2.13. The fourth-order valence-electron chi connectivity index (χ4n) is 2.31. The number of nitrogens with zero attached hydrogens (tertiary/aromatic N) is 1. The molecule has 1 aromatic carbocycles. The molecule has 4 nitrogen and oxygen atoms in total. The van der Waals surface area contributed by atoms with Crippen molar-refractivity contribution in [2.45, 2.75) is 31.8 Å². The zero-order valence-corrected chi connectivity index (χ0v) is 11.8. The van der Waals surface area contributed by atoms with Gasteiger partial charge < -0.3 is 15.7 Å². The van der Waals surface area contributed by atoms with E-state index < -0.39 is 5.60 Å². The molecule has 1 atom stereocenters. The molecule has 0 aliphatic carbocycles. The van der Waals surface area contributed by atoms with Gasteiger partial charge in [0.05, 0.1) is 16.3 Å². The van der Waals surface area contributed by atoms with E-state index in [-0.39, 0.29) is 5.91 Å². The van der Waals surface area contributed by atoms with Gasteiger partial charge in [-0.25, -0.2) is 0 Å². The van der Waals surface area contributed by atoms with Gasteiger partial charge in [0.1, 0.15) is 0 Å². The third-order valence-electron chi connectivity index (χ3n) is 3.60. The van der Waals surface area contributed by atoms with Gasteiger partial charge in [0.2, 0.25) is 0 Å². The van der Waals surface area contributed by atoms with E-state index in [1.165, 1.54) is 0 Å². The first-order chi connectivity index (χ1) is 8.89. The van der Waals surface area contributed by atoms with Crippen LogP contribution >= 0.6 is 11.6 Å². The molecule has 1 aliphatic heterocycles. The van der Waals surface area contributed by atoms with Crippen molar-refractivity contribution < 1.29 is 9.90 Å². The Bertz CT molecular complexity index is 488. The quantitative estimate of drug-likeness (QED) is 0.777. The lowest BCUT2D eigenvalue weighted by Crippen LogP contribution is -2.33. The predicted octanol–water partition coefficient (Wildman–Crippen LogP) is 2.30. The molecular weight excluding hydrogens is 264 g/mol. The maximum Gasteiger partial charge on any atom is 0.253 e. The summed E-state index contributed by atoms with van der Waals surface area (Å²) in [7, 11) is 0. The third-order valence-corrected chi connectivity index (χ3v) is 3.93. The molecule has 1 unspecified atom stereocenters. The number of benzene rings is 1. The van der Waals surface area contributed by atoms with E-state index in [9.17, 15) is 9.90 Å². The standard InChI is InChI=1S/C14H19ClN2O2/c1-14(19)5-2-7-17(8-6-14)13(18)10-3-4-12(16)11(15)9-10/h3-4,9,19H,2,5-8,16H2,1H3. The lowest BCUT2D eigenvalue weighted by Gasteiger charge is -2.22. The van der Waals surface area contributed by atoms with Gasteiger partial charge in [-0.1, -0.05) is 11.6 Å². The number of nitrogen functional groups attached to an aromatic ring is 1. The Balaban J connectivity index is 2.13. The van der Waals surface area contributed by atoms with Crippen LogP contribution in [0, 0.1) is 0 Å². The zero-order valence-electron chi connectivity index (χ0n) is 11.0. The Kier molecular flexibility index (Phi) is 4.02. The van der Waals surface area contributed by atoms with Crippen molar-refractivity contribution in [3.05, 3.63) is 28.8 Å². The van der Waals surface area contributed by atoms with E-state index in [0.29, 0.717) is 35.8 Å². The average Bonchev–Trinajstić information content (AvgIpc) is 2.53. The number of hydrogen-bond donors (Lipinski definition) is 2. The zero-order chi connectivity index (χ0) is 14.0. The minimum Gasteiger partial charge on any atom is -0.398 e. The summed E-state index contributed by atoms with van der Waals surface area (Å²) < 4.78 is 0. The number of hydrogen-bond acceptors (Lipinski definition) is 3. The number of carbonyl (C=O) groups is 1. The highest BCUT2D eigenvalue weighted by atomic mass is 35.5. The molecule has 0 spiro atoms. The monoisotopic (exact) mass is 282 g/mol. The molecule has 1 aliphatic rings. The number of carbonyl (C=O) groups excluding carboxylic acids is 1. The molecule has 1 fully saturated rings. The molecule has 1 heterocycles. The van der Waals surface area contributed by atoms with E-state index in [0.717, 1.165) is 12.8 Å². The molecule has 0 saturated carbocycles. The summed E-state index contributed by atoms with van der Waals surface area (Å²) in [5.74, 6) is -0.0559. The Morgan fingerprint density at radius 3 is 2.84 bits per heavy atom. The van der Waals surface area contributed by atoms with Crippen LogP contribution in [0.4, 0.5) is 5.69 Å². The van der Waals surface area contributed by atoms with Crippen LogP contribution in [0.2, 0.25) is 5.02 Å². The second-order valence-corrected chi connectivity index (χ2v) is 5.79. The summed E-state index contributed by atoms with van der Waals surface area (Å²) in [5.41, 5.74) is 5.98. The molecule has 19 heavy (non-hydrogen) atoms. The van der Waals surface area contributed by atoms with Gasteiger partial charge in [-0.2, -0.15) is 0 Å². The first-order valence-electron chi connectivity index (χ1n) is 6.46. The SMILES string of the molecule is CC1(O)CCCN(C(=O)c2ccc(N)c(Cl)c2)CC1. The topological polar surface area (TPSA) is 66.6 Å². The normalized spacial score (nSPS) is 24.1. The van der Waals surface area contributed by atoms with Crippen LogP contribution < -0.4 is 5.73 Å². The number of rotatable bonds is 1. The highest BCUT2D eigenvalue weighted by molar-refractivity contribution is 6.33. The van der Waals surface area contributed by atoms with Gasteiger partial charge in [-0.15, -0.1) is 0 Å². The predicted molar refractivity (Wildman–Crippen MR) is 76.2 cm³/mol. The van der Waals surface area contributed by atoms with Crippen molar-refractivity contribution in [3.8, 4) is 0 Å². The first-order valence-corrected chi connectivity index (χ1v) is 6.83. The van der Waals surface area contributed by atoms with Crippen molar-refractivity contribution >= 4 is 23.2 Å². The third kappa shape index (κ3) is 3.39. The lowest BCUT2D eigenvalue weighted by atomic mass is 9.98. The number of nitrogens with two attached hydrogens (primary N) is 1. The van der Waals surface area contributed by atoms with E-state index >= 15 is 0 Å². The molecular formula is C14H19ClN2O2. The molecule has 5 heteroatoms. The fourth-order valence-corrected chi connectivity index (χ4v) is 2.49. The van der Waals surface area contributed by atoms with E-state index in [1.54, 1.807) is 23.1 Å². The number of amides is 1. The minimum absolute atomic E-state index is 0.0559. The molecule has 3 N–H and O–H groups in total. The fraction of sp³-hybridized carbons (Fsp3) is 0.500. The highest BCUT2D eigenvalue weighted by Crippen LogP contribution is 2.24. The number of likely N-dealkylation sites (tertiary alicyclic amines) is 1. The van der Waals surface area contributed by atoms with Gasteiger partial charge in [0, 0.05) is 18.7 Å². The van der Waals surface area contributed by atoms with E-state index in [2.05, 4.69) is 0 Å². The van der Waals surface area contributed by atoms with Crippen LogP contribution in [0.25, 0.3) is 0 Å². The van der Waals surface area contributed by atoms with Crippen LogP contribution in [0.3, 0.4) is 0 Å². The van der Waals surface area contributed by atoms with E-state index in [4.69, 9.17) is 17.3 Å².